The van der Waals surface area contributed by atoms with Crippen molar-refractivity contribution in [2.45, 2.75) is 20.0 Å². The van der Waals surface area contributed by atoms with Gasteiger partial charge in [0.1, 0.15) is 12.4 Å². The van der Waals surface area contributed by atoms with Gasteiger partial charge in [-0.15, -0.1) is 0 Å². The third-order valence-electron chi connectivity index (χ3n) is 5.64. The molecule has 178 valence electrons. The number of aromatic nitrogens is 4. The Bertz CT molecular complexity index is 1390. The number of para-hydroxylation sites is 1. The van der Waals surface area contributed by atoms with Crippen LogP contribution < -0.4 is 20.1 Å². The Kier molecular flexibility index (Phi) is 6.01. The Balaban J connectivity index is 1.58. The highest BCUT2D eigenvalue weighted by atomic mass is 19.1. The number of aromatic amines is 1. The van der Waals surface area contributed by atoms with E-state index in [9.17, 15) is 9.18 Å². The van der Waals surface area contributed by atoms with Crippen molar-refractivity contribution in [3.8, 4) is 22.8 Å². The molecule has 0 spiro atoms. The summed E-state index contributed by atoms with van der Waals surface area (Å²) in [4.78, 5) is 29.0. The predicted octanol–water partition coefficient (Wildman–Crippen LogP) is 3.93. The number of aryl methyl sites for hydroxylation is 1. The molecule has 1 aromatic carbocycles. The number of pyridine rings is 1. The minimum Gasteiger partial charge on any atom is -0.492 e. The second kappa shape index (κ2) is 9.41. The highest BCUT2D eigenvalue weighted by Crippen LogP contribution is 2.42. The van der Waals surface area contributed by atoms with E-state index >= 15 is 0 Å². The first-order valence-corrected chi connectivity index (χ1v) is 11.0. The quantitative estimate of drug-likeness (QED) is 0.372. The lowest BCUT2D eigenvalue weighted by molar-refractivity contribution is 0.0947. The molecule has 0 saturated heterocycles. The largest absolute Gasteiger partial charge is 0.492 e. The second-order valence-electron chi connectivity index (χ2n) is 8.02. The molecular weight excluding hydrogens is 451 g/mol. The van der Waals surface area contributed by atoms with Crippen molar-refractivity contribution in [3.05, 3.63) is 77.5 Å². The second-order valence-corrected chi connectivity index (χ2v) is 8.02. The average Bonchev–Trinajstić information content (AvgIpc) is 3.23. The first-order chi connectivity index (χ1) is 17.0. The van der Waals surface area contributed by atoms with Crippen molar-refractivity contribution in [2.75, 3.05) is 19.0 Å². The van der Waals surface area contributed by atoms with Crippen LogP contribution in [-0.2, 0) is 13.0 Å². The Hall–Kier alpha value is -4.47. The maximum atomic E-state index is 14.4. The van der Waals surface area contributed by atoms with Crippen molar-refractivity contribution in [1.82, 2.24) is 25.3 Å². The van der Waals surface area contributed by atoms with Gasteiger partial charge < -0.3 is 25.1 Å². The fourth-order valence-corrected chi connectivity index (χ4v) is 3.99. The van der Waals surface area contributed by atoms with Gasteiger partial charge in [0.2, 0.25) is 0 Å². The fourth-order valence-electron chi connectivity index (χ4n) is 3.99. The monoisotopic (exact) mass is 474 g/mol. The minimum absolute atomic E-state index is 0.0485. The third kappa shape index (κ3) is 4.37. The maximum Gasteiger partial charge on any atom is 0.255 e. The maximum absolute atomic E-state index is 14.4. The van der Waals surface area contributed by atoms with Crippen LogP contribution in [0.1, 0.15) is 27.4 Å². The highest BCUT2D eigenvalue weighted by Gasteiger charge is 2.29. The molecule has 0 bridgehead atoms. The van der Waals surface area contributed by atoms with Crippen LogP contribution in [0.4, 0.5) is 15.8 Å². The van der Waals surface area contributed by atoms with Gasteiger partial charge >= 0.3 is 0 Å². The Labute approximate surface area is 200 Å². The van der Waals surface area contributed by atoms with Crippen molar-refractivity contribution in [3.63, 3.8) is 0 Å². The summed E-state index contributed by atoms with van der Waals surface area (Å²) in [6.45, 7) is 2.56. The highest BCUT2D eigenvalue weighted by molar-refractivity contribution is 6.06. The van der Waals surface area contributed by atoms with Crippen LogP contribution in [0.3, 0.4) is 0 Å². The zero-order valence-electron chi connectivity index (χ0n) is 19.2. The van der Waals surface area contributed by atoms with Crippen LogP contribution in [0.5, 0.6) is 11.5 Å². The average molecular weight is 474 g/mol. The minimum atomic E-state index is -0.515. The lowest BCUT2D eigenvalue weighted by atomic mass is 10.0. The topological polar surface area (TPSA) is 114 Å². The molecule has 4 heterocycles. The van der Waals surface area contributed by atoms with Gasteiger partial charge in [-0.25, -0.2) is 14.4 Å². The number of amides is 1. The molecule has 0 atom stereocenters. The molecule has 9 nitrogen and oxygen atoms in total. The molecule has 10 heteroatoms. The molecule has 0 unspecified atom stereocenters. The summed E-state index contributed by atoms with van der Waals surface area (Å²) in [7, 11) is 1.39. The number of H-pyrrole nitrogens is 1. The first kappa shape index (κ1) is 22.3. The number of hydrogen-bond acceptors (Lipinski definition) is 7. The molecule has 1 amide bonds. The predicted molar refractivity (Wildman–Crippen MR) is 127 cm³/mol. The molecule has 4 aromatic rings. The van der Waals surface area contributed by atoms with Gasteiger partial charge in [0.15, 0.2) is 17.4 Å². The lowest BCUT2D eigenvalue weighted by Gasteiger charge is -2.17. The van der Waals surface area contributed by atoms with Crippen LogP contribution in [0, 0.1) is 12.7 Å². The number of halogens is 1. The number of ether oxygens (including phenoxy) is 2. The summed E-state index contributed by atoms with van der Waals surface area (Å²) in [6, 6.07) is 6.35. The summed E-state index contributed by atoms with van der Waals surface area (Å²) in [5, 5.41) is 6.09. The Morgan fingerprint density at radius 3 is 2.80 bits per heavy atom. The van der Waals surface area contributed by atoms with Crippen LogP contribution in [0.15, 0.2) is 49.1 Å². The molecular formula is C25H23FN6O3. The van der Waals surface area contributed by atoms with Crippen molar-refractivity contribution >= 4 is 17.3 Å². The molecule has 0 radical (unpaired) electrons. The van der Waals surface area contributed by atoms with E-state index in [0.29, 0.717) is 52.7 Å². The van der Waals surface area contributed by atoms with E-state index in [0.717, 1.165) is 11.3 Å². The molecule has 1 aliphatic heterocycles. The number of anilines is 2. The van der Waals surface area contributed by atoms with Gasteiger partial charge in [0.25, 0.3) is 5.91 Å². The SMILES string of the molecule is COc1c(F)cccc1Nc1c(-c2ccncc2OCc2ncc(C)cn2)[nH]c2c1C(=O)NCC2. The van der Waals surface area contributed by atoms with E-state index in [1.165, 1.54) is 13.2 Å². The lowest BCUT2D eigenvalue weighted by Crippen LogP contribution is -2.31. The van der Waals surface area contributed by atoms with Crippen molar-refractivity contribution in [1.29, 1.82) is 0 Å². The summed E-state index contributed by atoms with van der Waals surface area (Å²) >= 11 is 0. The number of methoxy groups -OCH3 is 1. The number of carbonyl (C=O) groups excluding carboxylic acids is 1. The van der Waals surface area contributed by atoms with E-state index in [4.69, 9.17) is 9.47 Å². The van der Waals surface area contributed by atoms with Crippen LogP contribution in [0.2, 0.25) is 0 Å². The van der Waals surface area contributed by atoms with Gasteiger partial charge in [-0.2, -0.15) is 0 Å². The third-order valence-corrected chi connectivity index (χ3v) is 5.64. The van der Waals surface area contributed by atoms with Gasteiger partial charge in [-0.1, -0.05) is 6.07 Å². The number of benzene rings is 1. The zero-order chi connectivity index (χ0) is 24.4. The molecule has 3 N–H and O–H groups in total. The zero-order valence-corrected chi connectivity index (χ0v) is 19.2. The van der Waals surface area contributed by atoms with Crippen LogP contribution in [-0.4, -0.2) is 39.5 Å². The Morgan fingerprint density at radius 1 is 1.17 bits per heavy atom. The number of nitrogens with one attached hydrogen (secondary N) is 3. The van der Waals surface area contributed by atoms with Gasteiger partial charge in [-0.05, 0) is 30.7 Å². The van der Waals surface area contributed by atoms with Crippen molar-refractivity contribution < 1.29 is 18.7 Å². The normalized spacial score (nSPS) is 12.6. The number of nitrogens with zero attached hydrogens (tertiary/aromatic N) is 3. The first-order valence-electron chi connectivity index (χ1n) is 11.0. The summed E-state index contributed by atoms with van der Waals surface area (Å²) in [5.41, 5.74) is 4.35. The molecule has 3 aromatic heterocycles. The molecule has 1 aliphatic rings. The van der Waals surface area contributed by atoms with Gasteiger partial charge in [0.05, 0.1) is 35.9 Å². The summed E-state index contributed by atoms with van der Waals surface area (Å²) in [5.74, 6) is 0.311. The van der Waals surface area contributed by atoms with Crippen molar-refractivity contribution in [2.24, 2.45) is 0 Å². The molecule has 0 saturated carbocycles. The molecule has 5 rings (SSSR count). The molecule has 0 fully saturated rings. The number of fused-ring (bicyclic) bond motifs is 1. The van der Waals surface area contributed by atoms with E-state index in [1.54, 1.807) is 43.0 Å². The standard InChI is InChI=1S/C25H23FN6O3/c1-14-10-29-20(30-11-14)13-35-19-12-27-8-6-15(19)22-23(21-17(31-22)7-9-28-25(21)33)32-18-5-3-4-16(26)24(18)34-2/h3-6,8,10-12,31-32H,7,9,13H2,1-2H3,(H,28,33). The smallest absolute Gasteiger partial charge is 0.255 e. The molecule has 0 aliphatic carbocycles. The number of carbonyl (C=O) groups is 1. The van der Waals surface area contributed by atoms with Gasteiger partial charge in [-0.3, -0.25) is 9.78 Å². The molecule has 35 heavy (non-hydrogen) atoms. The van der Waals surface area contributed by atoms with E-state index < -0.39 is 5.82 Å². The van der Waals surface area contributed by atoms with Crippen LogP contribution >= 0.6 is 0 Å². The van der Waals surface area contributed by atoms with E-state index in [-0.39, 0.29) is 18.3 Å². The summed E-state index contributed by atoms with van der Waals surface area (Å²) < 4.78 is 25.7. The van der Waals surface area contributed by atoms with E-state index in [2.05, 4.69) is 30.6 Å². The van der Waals surface area contributed by atoms with Gasteiger partial charge in [0, 0.05) is 42.8 Å². The Morgan fingerprint density at radius 2 is 2.00 bits per heavy atom. The van der Waals surface area contributed by atoms with Crippen LogP contribution in [0.25, 0.3) is 11.3 Å². The number of hydrogen-bond donors (Lipinski definition) is 3. The summed E-state index contributed by atoms with van der Waals surface area (Å²) in [6.07, 6.45) is 7.30. The number of rotatable bonds is 7. The van der Waals surface area contributed by atoms with E-state index in [1.807, 2.05) is 6.92 Å². The fraction of sp³-hybridized carbons (Fsp3) is 0.200.